The number of nitrogens with zero attached hydrogens (tertiary/aromatic N) is 1. The van der Waals surface area contributed by atoms with Gasteiger partial charge < -0.3 is 32.9 Å². The van der Waals surface area contributed by atoms with Gasteiger partial charge in [-0.3, -0.25) is 14.4 Å². The van der Waals surface area contributed by atoms with E-state index < -0.39 is 5.54 Å². The summed E-state index contributed by atoms with van der Waals surface area (Å²) in [6, 6.07) is 0. The number of carbonyl (C=O) groups excluding carboxylic acids is 3. The number of hydrogen-bond donors (Lipinski definition) is 0. The maximum absolute atomic E-state index is 12.6. The maximum Gasteiger partial charge on any atom is 0.308 e. The Labute approximate surface area is 419 Å². The lowest BCUT2D eigenvalue weighted by molar-refractivity contribution is -0.926. The Morgan fingerprint density at radius 3 is 0.824 bits per heavy atom. The lowest BCUT2D eigenvalue weighted by atomic mass is 9.99. The lowest BCUT2D eigenvalue weighted by Gasteiger charge is -2.45. The minimum atomic E-state index is -0.681. The third-order valence-corrected chi connectivity index (χ3v) is 12.6. The molecule has 0 aliphatic heterocycles. The normalized spacial score (nSPS) is 12.3. The van der Waals surface area contributed by atoms with Crippen LogP contribution in [0.4, 0.5) is 0 Å². The van der Waals surface area contributed by atoms with Crippen LogP contribution in [0.5, 0.6) is 0 Å². The molecule has 398 valence electrons. The molecule has 0 spiro atoms. The molecule has 0 saturated carbocycles. The van der Waals surface area contributed by atoms with Gasteiger partial charge in [0.25, 0.3) is 0 Å². The van der Waals surface area contributed by atoms with E-state index in [0.717, 1.165) is 57.8 Å². The van der Waals surface area contributed by atoms with E-state index in [-0.39, 0.29) is 76.8 Å². The fourth-order valence-electron chi connectivity index (χ4n) is 7.62. The summed E-state index contributed by atoms with van der Waals surface area (Å²) in [6.07, 6.45) is 49.5. The van der Waals surface area contributed by atoms with Gasteiger partial charge in [0.05, 0.1) is 80.0 Å². The van der Waals surface area contributed by atoms with Gasteiger partial charge >= 0.3 is 17.9 Å². The van der Waals surface area contributed by atoms with E-state index in [9.17, 15) is 14.4 Å². The fourth-order valence-corrected chi connectivity index (χ4v) is 7.62. The Kier molecular flexibility index (Phi) is 47.6. The Morgan fingerprint density at radius 2 is 0.574 bits per heavy atom. The number of unbranched alkanes of at least 4 members (excludes halogenated alkanes) is 24. The van der Waals surface area contributed by atoms with Gasteiger partial charge in [0.15, 0.2) is 5.54 Å². The second-order valence-corrected chi connectivity index (χ2v) is 19.9. The largest absolute Gasteiger partial charge is 0.466 e. The van der Waals surface area contributed by atoms with Gasteiger partial charge in [0, 0.05) is 0 Å². The molecule has 10 heteroatoms. The van der Waals surface area contributed by atoms with Gasteiger partial charge in [-0.05, 0) is 77.0 Å². The molecule has 10 nitrogen and oxygen atoms in total. The first-order chi connectivity index (χ1) is 33.1. The number of quaternary nitrogens is 1. The highest BCUT2D eigenvalue weighted by molar-refractivity contribution is 5.70. The highest BCUT2D eigenvalue weighted by Crippen LogP contribution is 2.23. The Morgan fingerprint density at radius 1 is 0.338 bits per heavy atom. The third-order valence-electron chi connectivity index (χ3n) is 12.6. The van der Waals surface area contributed by atoms with Crippen LogP contribution in [-0.2, 0) is 42.8 Å². The van der Waals surface area contributed by atoms with Crippen LogP contribution in [-0.4, -0.2) is 109 Å². The van der Waals surface area contributed by atoms with Gasteiger partial charge in [-0.15, -0.1) is 0 Å². The van der Waals surface area contributed by atoms with Crippen LogP contribution in [0.3, 0.4) is 0 Å². The second-order valence-electron chi connectivity index (χ2n) is 19.9. The average Bonchev–Trinajstić information content (AvgIpc) is 3.31. The van der Waals surface area contributed by atoms with Gasteiger partial charge in [-0.2, -0.15) is 0 Å². The predicted octanol–water partition coefficient (Wildman–Crippen LogP) is 14.7. The van der Waals surface area contributed by atoms with Crippen molar-refractivity contribution >= 4 is 17.9 Å². The summed E-state index contributed by atoms with van der Waals surface area (Å²) in [5, 5.41) is 0. The van der Waals surface area contributed by atoms with E-state index in [1.165, 1.54) is 135 Å². The zero-order chi connectivity index (χ0) is 49.9. The minimum Gasteiger partial charge on any atom is -0.466 e. The molecule has 68 heavy (non-hydrogen) atoms. The number of rotatable bonds is 52. The van der Waals surface area contributed by atoms with Crippen LogP contribution in [0.1, 0.15) is 233 Å². The van der Waals surface area contributed by atoms with Crippen molar-refractivity contribution < 1.29 is 47.3 Å². The quantitative estimate of drug-likeness (QED) is 0.0194. The zero-order valence-electron chi connectivity index (χ0n) is 45.3. The predicted molar refractivity (Wildman–Crippen MR) is 283 cm³/mol. The van der Waals surface area contributed by atoms with Crippen molar-refractivity contribution in [3.63, 3.8) is 0 Å². The molecule has 0 heterocycles. The van der Waals surface area contributed by atoms with Crippen molar-refractivity contribution in [2.45, 2.75) is 238 Å². The molecule has 0 aliphatic rings. The summed E-state index contributed by atoms with van der Waals surface area (Å²) in [6.45, 7) is 9.35. The Hall–Kier alpha value is -2.53. The molecule has 0 aliphatic carbocycles. The number of hydrogen-bond acceptors (Lipinski definition) is 9. The number of ether oxygens (including phenoxy) is 6. The van der Waals surface area contributed by atoms with Crippen molar-refractivity contribution in [3.8, 4) is 0 Å². The van der Waals surface area contributed by atoms with E-state index in [0.29, 0.717) is 24.3 Å². The Bertz CT molecular complexity index is 1090. The van der Waals surface area contributed by atoms with Crippen molar-refractivity contribution in [3.05, 3.63) is 36.5 Å². The zero-order valence-corrected chi connectivity index (χ0v) is 45.3. The molecule has 0 aromatic heterocycles. The number of carbonyl (C=O) groups is 3. The molecular formula is C58H108NO9+. The molecule has 0 atom stereocenters. The first-order valence-corrected chi connectivity index (χ1v) is 28.1. The first kappa shape index (κ1) is 65.5. The molecular weight excluding hydrogens is 855 g/mol. The van der Waals surface area contributed by atoms with Gasteiger partial charge in [-0.25, -0.2) is 0 Å². The summed E-state index contributed by atoms with van der Waals surface area (Å²) in [5.74, 6) is -0.785. The lowest BCUT2D eigenvalue weighted by Crippen LogP contribution is -2.65. The van der Waals surface area contributed by atoms with Crippen LogP contribution in [0.2, 0.25) is 0 Å². The molecule has 0 unspecified atom stereocenters. The molecule has 0 radical (unpaired) electrons. The summed E-state index contributed by atoms with van der Waals surface area (Å²) in [4.78, 5) is 37.7. The van der Waals surface area contributed by atoms with Crippen LogP contribution in [0.25, 0.3) is 0 Å². The van der Waals surface area contributed by atoms with E-state index in [1.807, 2.05) is 0 Å². The topological polar surface area (TPSA) is 107 Å². The van der Waals surface area contributed by atoms with Crippen molar-refractivity contribution in [2.24, 2.45) is 0 Å². The SMILES string of the molecule is CCCC/C=C\CCCCCCCCOC(=O)CCOCC(COCCC(=O)OCCCCCCCC/C=C\CCCC)(COCCC(=O)OCCCCCCCC/C=C\CCCC)[N+](C)(C)C. The summed E-state index contributed by atoms with van der Waals surface area (Å²) in [5.41, 5.74) is -0.681. The summed E-state index contributed by atoms with van der Waals surface area (Å²) < 4.78 is 35.5. The minimum absolute atomic E-state index is 0.159. The highest BCUT2D eigenvalue weighted by atomic mass is 16.5. The molecule has 0 bridgehead atoms. The van der Waals surface area contributed by atoms with Crippen molar-refractivity contribution in [1.82, 2.24) is 0 Å². The smallest absolute Gasteiger partial charge is 0.308 e. The van der Waals surface area contributed by atoms with Crippen LogP contribution in [0, 0.1) is 0 Å². The maximum atomic E-state index is 12.6. The van der Waals surface area contributed by atoms with Gasteiger partial charge in [-0.1, -0.05) is 173 Å². The summed E-state index contributed by atoms with van der Waals surface area (Å²) >= 11 is 0. The first-order valence-electron chi connectivity index (χ1n) is 28.1. The van der Waals surface area contributed by atoms with Gasteiger partial charge in [0.1, 0.15) is 19.8 Å². The number of allylic oxidation sites excluding steroid dienone is 6. The van der Waals surface area contributed by atoms with E-state index in [4.69, 9.17) is 28.4 Å². The molecule has 0 N–H and O–H groups in total. The number of esters is 3. The van der Waals surface area contributed by atoms with Crippen molar-refractivity contribution in [2.75, 3.05) is 80.6 Å². The molecule has 0 fully saturated rings. The van der Waals surface area contributed by atoms with Crippen LogP contribution < -0.4 is 0 Å². The molecule has 0 rings (SSSR count). The molecule has 0 saturated heterocycles. The second kappa shape index (κ2) is 49.5. The fraction of sp³-hybridized carbons (Fsp3) is 0.845. The van der Waals surface area contributed by atoms with E-state index >= 15 is 0 Å². The monoisotopic (exact) mass is 963 g/mol. The number of likely N-dealkylation sites (N-methyl/N-ethyl adjacent to an activating group) is 1. The third kappa shape index (κ3) is 43.5. The van der Waals surface area contributed by atoms with E-state index in [1.54, 1.807) is 0 Å². The van der Waals surface area contributed by atoms with Crippen LogP contribution >= 0.6 is 0 Å². The Balaban J connectivity index is 4.77. The molecule has 0 amide bonds. The molecule has 0 aromatic rings. The van der Waals surface area contributed by atoms with Gasteiger partial charge in [0.2, 0.25) is 0 Å². The van der Waals surface area contributed by atoms with Crippen LogP contribution in [0.15, 0.2) is 36.5 Å². The van der Waals surface area contributed by atoms with Crippen molar-refractivity contribution in [1.29, 1.82) is 0 Å². The standard InChI is InChI=1S/C58H108NO9/c1-7-10-13-16-19-22-25-28-31-34-37-40-46-66-55(60)43-49-63-52-58(59(4,5)6,53-64-50-44-56(61)67-47-41-38-35-32-29-26-23-20-17-14-11-8-2)54-65-51-45-57(62)68-48-42-39-36-33-30-27-24-21-18-15-12-9-3/h16-21H,7-15,22-54H2,1-6H3/q+1/b19-16-,20-17-,21-18-. The van der Waals surface area contributed by atoms with E-state index in [2.05, 4.69) is 78.4 Å². The average molecular weight is 963 g/mol. The molecule has 0 aromatic carbocycles. The highest BCUT2D eigenvalue weighted by Gasteiger charge is 2.44. The summed E-state index contributed by atoms with van der Waals surface area (Å²) in [7, 11) is 6.15.